The molecule has 0 amide bonds. The Kier molecular flexibility index (Phi) is 5.30. The van der Waals surface area contributed by atoms with Gasteiger partial charge >= 0.3 is 0 Å². The first-order chi connectivity index (χ1) is 6.74. The molecule has 1 atom stereocenters. The van der Waals surface area contributed by atoms with E-state index in [1.165, 1.54) is 0 Å². The Balaban J connectivity index is 2.41. The molecule has 0 radical (unpaired) electrons. The number of halogens is 1. The van der Waals surface area contributed by atoms with Crippen LogP contribution in [0.2, 0.25) is 5.02 Å². The van der Waals surface area contributed by atoms with Gasteiger partial charge in [0.05, 0.1) is 5.02 Å². The van der Waals surface area contributed by atoms with Gasteiger partial charge in [-0.1, -0.05) is 18.5 Å². The average molecular weight is 231 g/mol. The second-order valence-electron chi connectivity index (χ2n) is 3.26. The molecule has 1 aromatic heterocycles. The van der Waals surface area contributed by atoms with Crippen LogP contribution in [0, 0.1) is 5.92 Å². The van der Waals surface area contributed by atoms with Gasteiger partial charge < -0.3 is 5.32 Å². The smallest absolute Gasteiger partial charge is 0.115 e. The Morgan fingerprint density at radius 3 is 3.07 bits per heavy atom. The molecule has 0 saturated carbocycles. The molecule has 4 heteroatoms. The summed E-state index contributed by atoms with van der Waals surface area (Å²) in [4.78, 5) is 4.22. The summed E-state index contributed by atoms with van der Waals surface area (Å²) in [5.74, 6) is 1.67. The standard InChI is InChI=1S/C10H15ClN2S/c1-8(6-12-2)7-14-10-9(11)4-3-5-13-10/h3-5,8,12H,6-7H2,1-2H3. The van der Waals surface area contributed by atoms with Gasteiger partial charge in [-0.3, -0.25) is 0 Å². The van der Waals surface area contributed by atoms with Crippen LogP contribution in [0.25, 0.3) is 0 Å². The van der Waals surface area contributed by atoms with Crippen molar-refractivity contribution in [1.29, 1.82) is 0 Å². The number of pyridine rings is 1. The monoisotopic (exact) mass is 230 g/mol. The van der Waals surface area contributed by atoms with Gasteiger partial charge in [-0.2, -0.15) is 0 Å². The second kappa shape index (κ2) is 6.27. The summed E-state index contributed by atoms with van der Waals surface area (Å²) in [7, 11) is 1.97. The topological polar surface area (TPSA) is 24.9 Å². The molecular formula is C10H15ClN2S. The van der Waals surface area contributed by atoms with Crippen LogP contribution in [0.5, 0.6) is 0 Å². The lowest BCUT2D eigenvalue weighted by Crippen LogP contribution is -2.17. The van der Waals surface area contributed by atoms with Crippen molar-refractivity contribution in [3.63, 3.8) is 0 Å². The zero-order chi connectivity index (χ0) is 10.4. The maximum Gasteiger partial charge on any atom is 0.115 e. The molecule has 0 aromatic carbocycles. The molecule has 1 rings (SSSR count). The molecule has 0 fully saturated rings. The largest absolute Gasteiger partial charge is 0.319 e. The first-order valence-corrected chi connectivity index (χ1v) is 5.98. The molecule has 1 N–H and O–H groups in total. The van der Waals surface area contributed by atoms with Gasteiger partial charge in [0, 0.05) is 11.9 Å². The van der Waals surface area contributed by atoms with E-state index in [-0.39, 0.29) is 0 Å². The van der Waals surface area contributed by atoms with E-state index in [1.54, 1.807) is 18.0 Å². The lowest BCUT2D eigenvalue weighted by Gasteiger charge is -2.09. The SMILES string of the molecule is CNCC(C)CSc1ncccc1Cl. The number of hydrogen-bond acceptors (Lipinski definition) is 3. The zero-order valence-corrected chi connectivity index (χ0v) is 10.0. The summed E-state index contributed by atoms with van der Waals surface area (Å²) in [5, 5.41) is 4.82. The lowest BCUT2D eigenvalue weighted by atomic mass is 10.2. The molecule has 14 heavy (non-hydrogen) atoms. The second-order valence-corrected chi connectivity index (χ2v) is 4.68. The van der Waals surface area contributed by atoms with Gasteiger partial charge in [-0.15, -0.1) is 11.8 Å². The number of nitrogens with one attached hydrogen (secondary N) is 1. The van der Waals surface area contributed by atoms with E-state index in [0.29, 0.717) is 5.92 Å². The fraction of sp³-hybridized carbons (Fsp3) is 0.500. The normalized spacial score (nSPS) is 12.8. The summed E-state index contributed by atoms with van der Waals surface area (Å²) in [6.45, 7) is 3.23. The van der Waals surface area contributed by atoms with Crippen LogP contribution in [0.4, 0.5) is 0 Å². The van der Waals surface area contributed by atoms with E-state index in [4.69, 9.17) is 11.6 Å². The maximum absolute atomic E-state index is 5.99. The predicted molar refractivity (Wildman–Crippen MR) is 63.1 cm³/mol. The zero-order valence-electron chi connectivity index (χ0n) is 8.46. The quantitative estimate of drug-likeness (QED) is 0.788. The van der Waals surface area contributed by atoms with Crippen molar-refractivity contribution in [2.75, 3.05) is 19.3 Å². The molecule has 0 aliphatic heterocycles. The van der Waals surface area contributed by atoms with Crippen molar-refractivity contribution in [1.82, 2.24) is 10.3 Å². The Labute approximate surface area is 94.5 Å². The summed E-state index contributed by atoms with van der Waals surface area (Å²) in [6, 6.07) is 3.73. The van der Waals surface area contributed by atoms with Gasteiger partial charge in [0.25, 0.3) is 0 Å². The molecule has 2 nitrogen and oxygen atoms in total. The van der Waals surface area contributed by atoms with Crippen molar-refractivity contribution >= 4 is 23.4 Å². The molecule has 0 saturated heterocycles. The highest BCUT2D eigenvalue weighted by molar-refractivity contribution is 7.99. The van der Waals surface area contributed by atoms with Crippen molar-refractivity contribution in [3.05, 3.63) is 23.4 Å². The third-order valence-electron chi connectivity index (χ3n) is 1.78. The minimum Gasteiger partial charge on any atom is -0.319 e. The van der Waals surface area contributed by atoms with Crippen molar-refractivity contribution in [3.8, 4) is 0 Å². The summed E-state index contributed by atoms with van der Waals surface area (Å²) < 4.78 is 0. The summed E-state index contributed by atoms with van der Waals surface area (Å²) in [5.41, 5.74) is 0. The van der Waals surface area contributed by atoms with E-state index in [0.717, 1.165) is 22.3 Å². The molecule has 1 unspecified atom stereocenters. The molecular weight excluding hydrogens is 216 g/mol. The number of aromatic nitrogens is 1. The fourth-order valence-electron chi connectivity index (χ4n) is 1.11. The van der Waals surface area contributed by atoms with Crippen LogP contribution in [0.3, 0.4) is 0 Å². The van der Waals surface area contributed by atoms with Crippen LogP contribution >= 0.6 is 23.4 Å². The van der Waals surface area contributed by atoms with Crippen molar-refractivity contribution < 1.29 is 0 Å². The van der Waals surface area contributed by atoms with Crippen LogP contribution in [0.1, 0.15) is 6.92 Å². The van der Waals surface area contributed by atoms with Crippen molar-refractivity contribution in [2.24, 2.45) is 5.92 Å². The molecule has 1 aromatic rings. The average Bonchev–Trinajstić information content (AvgIpc) is 2.17. The number of nitrogens with zero attached hydrogens (tertiary/aromatic N) is 1. The summed E-state index contributed by atoms with van der Waals surface area (Å²) in [6.07, 6.45) is 1.77. The Morgan fingerprint density at radius 1 is 1.64 bits per heavy atom. The van der Waals surface area contributed by atoms with E-state index in [2.05, 4.69) is 17.2 Å². The maximum atomic E-state index is 5.99. The Hall–Kier alpha value is -0.250. The van der Waals surface area contributed by atoms with Crippen LogP contribution in [-0.4, -0.2) is 24.3 Å². The number of thioether (sulfide) groups is 1. The molecule has 1 heterocycles. The lowest BCUT2D eigenvalue weighted by molar-refractivity contribution is 0.603. The minimum atomic E-state index is 0.628. The predicted octanol–water partition coefficient (Wildman–Crippen LogP) is 2.68. The van der Waals surface area contributed by atoms with Crippen LogP contribution < -0.4 is 5.32 Å². The van der Waals surface area contributed by atoms with Crippen LogP contribution in [0.15, 0.2) is 23.4 Å². The molecule has 0 bridgehead atoms. The van der Waals surface area contributed by atoms with Crippen LogP contribution in [-0.2, 0) is 0 Å². The highest BCUT2D eigenvalue weighted by atomic mass is 35.5. The third kappa shape index (κ3) is 3.86. The van der Waals surface area contributed by atoms with Gasteiger partial charge in [0.1, 0.15) is 5.03 Å². The van der Waals surface area contributed by atoms with E-state index in [9.17, 15) is 0 Å². The van der Waals surface area contributed by atoms with Gasteiger partial charge in [0.15, 0.2) is 0 Å². The van der Waals surface area contributed by atoms with E-state index in [1.807, 2.05) is 19.2 Å². The van der Waals surface area contributed by atoms with E-state index >= 15 is 0 Å². The number of rotatable bonds is 5. The minimum absolute atomic E-state index is 0.628. The number of hydrogen-bond donors (Lipinski definition) is 1. The van der Waals surface area contributed by atoms with Gasteiger partial charge in [-0.05, 0) is 31.6 Å². The highest BCUT2D eigenvalue weighted by Crippen LogP contribution is 2.25. The molecule has 0 aliphatic carbocycles. The molecule has 0 aliphatic rings. The first-order valence-electron chi connectivity index (χ1n) is 4.62. The fourth-order valence-corrected chi connectivity index (χ4v) is 2.29. The molecule has 0 spiro atoms. The van der Waals surface area contributed by atoms with Gasteiger partial charge in [0.2, 0.25) is 0 Å². The van der Waals surface area contributed by atoms with Gasteiger partial charge in [-0.25, -0.2) is 4.98 Å². The Bertz CT molecular complexity index is 281. The summed E-state index contributed by atoms with van der Waals surface area (Å²) >= 11 is 7.70. The third-order valence-corrected chi connectivity index (χ3v) is 3.53. The molecule has 78 valence electrons. The highest BCUT2D eigenvalue weighted by Gasteiger charge is 2.05. The first kappa shape index (κ1) is 11.8. The van der Waals surface area contributed by atoms with Crippen molar-refractivity contribution in [2.45, 2.75) is 11.9 Å². The van der Waals surface area contributed by atoms with E-state index < -0.39 is 0 Å². The Morgan fingerprint density at radius 2 is 2.43 bits per heavy atom.